The van der Waals surface area contributed by atoms with Crippen molar-refractivity contribution in [2.75, 3.05) is 43.9 Å². The van der Waals surface area contributed by atoms with Gasteiger partial charge in [0.25, 0.3) is 0 Å². The molecule has 1 saturated heterocycles. The molecule has 1 aromatic heterocycles. The highest BCUT2D eigenvalue weighted by atomic mass is 19.1. The van der Waals surface area contributed by atoms with Crippen molar-refractivity contribution in [1.82, 2.24) is 14.6 Å². The first-order valence-electron chi connectivity index (χ1n) is 7.62. The average molecular weight is 316 g/mol. The molecule has 0 saturated carbocycles. The number of rotatable bonds is 3. The molecule has 0 radical (unpaired) electrons. The molecule has 0 amide bonds. The predicted molar refractivity (Wildman–Crippen MR) is 90.5 cm³/mol. The fourth-order valence-electron chi connectivity index (χ4n) is 2.62. The van der Waals surface area contributed by atoms with Gasteiger partial charge >= 0.3 is 0 Å². The minimum Gasteiger partial charge on any atom is -0.368 e. The van der Waals surface area contributed by atoms with Crippen LogP contribution in [0.1, 0.15) is 11.3 Å². The molecule has 0 aliphatic carbocycles. The molecule has 7 heteroatoms. The first-order valence-corrected chi connectivity index (χ1v) is 7.62. The Morgan fingerprint density at radius 3 is 2.65 bits per heavy atom. The highest BCUT2D eigenvalue weighted by Crippen LogP contribution is 2.21. The Kier molecular flexibility index (Phi) is 4.29. The highest BCUT2D eigenvalue weighted by molar-refractivity contribution is 5.81. The molecular formula is C16H21FN6. The normalized spacial score (nSPS) is 16.4. The molecule has 2 N–H and O–H groups in total. The summed E-state index contributed by atoms with van der Waals surface area (Å²) in [5.41, 5.74) is 8.00. The van der Waals surface area contributed by atoms with E-state index in [2.05, 4.69) is 26.9 Å². The third kappa shape index (κ3) is 3.50. The van der Waals surface area contributed by atoms with Crippen LogP contribution < -0.4 is 10.6 Å². The molecule has 0 bridgehead atoms. The summed E-state index contributed by atoms with van der Waals surface area (Å²) in [5.74, 6) is 0.129. The molecule has 1 aliphatic heterocycles. The number of nitrogens with zero attached hydrogens (tertiary/aromatic N) is 5. The zero-order chi connectivity index (χ0) is 16.4. The molecular weight excluding hydrogens is 295 g/mol. The zero-order valence-electron chi connectivity index (χ0n) is 13.4. The summed E-state index contributed by atoms with van der Waals surface area (Å²) in [6.45, 7) is 5.36. The number of hydrogen-bond donors (Lipinski definition) is 1. The van der Waals surface area contributed by atoms with Gasteiger partial charge in [-0.3, -0.25) is 0 Å². The van der Waals surface area contributed by atoms with Gasteiger partial charge in [-0.05, 0) is 31.7 Å². The third-order valence-electron chi connectivity index (χ3n) is 3.98. The van der Waals surface area contributed by atoms with Crippen LogP contribution in [0.4, 0.5) is 16.0 Å². The molecule has 122 valence electrons. The van der Waals surface area contributed by atoms with Crippen LogP contribution in [0.2, 0.25) is 0 Å². The lowest BCUT2D eigenvalue weighted by Gasteiger charge is -2.34. The Bertz CT molecular complexity index is 715. The highest BCUT2D eigenvalue weighted by Gasteiger charge is 2.17. The Hall–Kier alpha value is -2.41. The maximum absolute atomic E-state index is 14.1. The second kappa shape index (κ2) is 6.37. The summed E-state index contributed by atoms with van der Waals surface area (Å²) < 4.78 is 15.7. The van der Waals surface area contributed by atoms with Crippen LogP contribution in [0.3, 0.4) is 0 Å². The van der Waals surface area contributed by atoms with Gasteiger partial charge in [-0.25, -0.2) is 14.1 Å². The smallest absolute Gasteiger partial charge is 0.221 e. The zero-order valence-corrected chi connectivity index (χ0v) is 13.4. The lowest BCUT2D eigenvalue weighted by atomic mass is 10.1. The first-order chi connectivity index (χ1) is 11.0. The summed E-state index contributed by atoms with van der Waals surface area (Å²) in [4.78, 5) is 8.40. The van der Waals surface area contributed by atoms with Crippen LogP contribution in [0.25, 0.3) is 0 Å². The van der Waals surface area contributed by atoms with Gasteiger partial charge in [-0.2, -0.15) is 5.10 Å². The Morgan fingerprint density at radius 1 is 1.26 bits per heavy atom. The summed E-state index contributed by atoms with van der Waals surface area (Å²) in [6, 6.07) is 5.01. The number of benzene rings is 1. The molecule has 3 rings (SSSR count). The second-order valence-corrected chi connectivity index (χ2v) is 5.83. The van der Waals surface area contributed by atoms with Crippen molar-refractivity contribution in [2.24, 2.45) is 5.10 Å². The topological polar surface area (TPSA) is 62.7 Å². The first kappa shape index (κ1) is 15.5. The molecule has 1 aromatic carbocycles. The van der Waals surface area contributed by atoms with Crippen LogP contribution in [0.15, 0.2) is 29.5 Å². The Balaban J connectivity index is 1.81. The van der Waals surface area contributed by atoms with E-state index in [1.54, 1.807) is 18.5 Å². The van der Waals surface area contributed by atoms with E-state index in [9.17, 15) is 4.39 Å². The lowest BCUT2D eigenvalue weighted by molar-refractivity contribution is 0.311. The van der Waals surface area contributed by atoms with E-state index in [0.717, 1.165) is 37.4 Å². The van der Waals surface area contributed by atoms with Gasteiger partial charge in [-0.1, -0.05) is 6.07 Å². The van der Waals surface area contributed by atoms with Gasteiger partial charge in [-0.15, -0.1) is 0 Å². The van der Waals surface area contributed by atoms with Crippen molar-refractivity contribution in [1.29, 1.82) is 0 Å². The number of nitrogens with two attached hydrogens (primary N) is 1. The number of halogens is 1. The number of imidazole rings is 1. The molecule has 2 aromatic rings. The van der Waals surface area contributed by atoms with Gasteiger partial charge in [0.1, 0.15) is 5.82 Å². The van der Waals surface area contributed by atoms with E-state index in [1.807, 2.05) is 13.0 Å². The van der Waals surface area contributed by atoms with Crippen LogP contribution >= 0.6 is 0 Å². The van der Waals surface area contributed by atoms with Gasteiger partial charge < -0.3 is 15.5 Å². The number of likely N-dealkylation sites (N-methyl/N-ethyl adjacent to an activating group) is 1. The Morgan fingerprint density at radius 2 is 2.00 bits per heavy atom. The summed E-state index contributed by atoms with van der Waals surface area (Å²) >= 11 is 0. The van der Waals surface area contributed by atoms with Crippen molar-refractivity contribution in [2.45, 2.75) is 6.92 Å². The van der Waals surface area contributed by atoms with E-state index >= 15 is 0 Å². The molecule has 23 heavy (non-hydrogen) atoms. The minimum atomic E-state index is -0.204. The van der Waals surface area contributed by atoms with Gasteiger partial charge in [0.05, 0.1) is 23.8 Å². The number of nitrogen functional groups attached to an aromatic ring is 1. The number of anilines is 2. The van der Waals surface area contributed by atoms with Crippen LogP contribution in [0.5, 0.6) is 0 Å². The maximum atomic E-state index is 14.1. The number of aromatic nitrogens is 2. The standard InChI is InChI=1S/C16H21FN6/c1-12-11-23(16(18)20-12)19-10-13-3-4-14(17)15(9-13)22-7-5-21(2)6-8-22/h3-4,9-11H,5-8H2,1-2H3,(H2,18,20). The van der Waals surface area contributed by atoms with E-state index < -0.39 is 0 Å². The van der Waals surface area contributed by atoms with Crippen molar-refractivity contribution < 1.29 is 4.39 Å². The molecule has 6 nitrogen and oxygen atoms in total. The second-order valence-electron chi connectivity index (χ2n) is 5.83. The number of aryl methyl sites for hydroxylation is 1. The van der Waals surface area contributed by atoms with Gasteiger partial charge in [0.2, 0.25) is 5.95 Å². The van der Waals surface area contributed by atoms with Crippen molar-refractivity contribution in [3.8, 4) is 0 Å². The quantitative estimate of drug-likeness (QED) is 0.873. The van der Waals surface area contributed by atoms with Gasteiger partial charge in [0.15, 0.2) is 0 Å². The minimum absolute atomic E-state index is 0.204. The molecule has 0 unspecified atom stereocenters. The van der Waals surface area contributed by atoms with Crippen LogP contribution in [-0.4, -0.2) is 54.0 Å². The molecule has 0 atom stereocenters. The molecule has 2 heterocycles. The van der Waals surface area contributed by atoms with Gasteiger partial charge in [0, 0.05) is 26.2 Å². The van der Waals surface area contributed by atoms with Crippen LogP contribution in [0, 0.1) is 12.7 Å². The van der Waals surface area contributed by atoms with Crippen molar-refractivity contribution in [3.63, 3.8) is 0 Å². The van der Waals surface area contributed by atoms with Crippen molar-refractivity contribution >= 4 is 17.9 Å². The SMILES string of the molecule is Cc1cn(N=Cc2ccc(F)c(N3CCN(C)CC3)c2)c(N)n1. The average Bonchev–Trinajstić information content (AvgIpc) is 2.85. The summed E-state index contributed by atoms with van der Waals surface area (Å²) in [7, 11) is 2.08. The molecule has 1 aliphatic rings. The Labute approximate surface area is 135 Å². The molecule has 1 fully saturated rings. The van der Waals surface area contributed by atoms with E-state index in [1.165, 1.54) is 10.7 Å². The third-order valence-corrected chi connectivity index (χ3v) is 3.98. The maximum Gasteiger partial charge on any atom is 0.221 e. The largest absolute Gasteiger partial charge is 0.368 e. The summed E-state index contributed by atoms with van der Waals surface area (Å²) in [6.07, 6.45) is 3.41. The fraction of sp³-hybridized carbons (Fsp3) is 0.375. The lowest BCUT2D eigenvalue weighted by Crippen LogP contribution is -2.44. The van der Waals surface area contributed by atoms with Crippen LogP contribution in [-0.2, 0) is 0 Å². The predicted octanol–water partition coefficient (Wildman–Crippen LogP) is 1.55. The fourth-order valence-corrected chi connectivity index (χ4v) is 2.62. The van der Waals surface area contributed by atoms with E-state index in [4.69, 9.17) is 5.73 Å². The number of hydrogen-bond acceptors (Lipinski definition) is 5. The monoisotopic (exact) mass is 316 g/mol. The summed E-state index contributed by atoms with van der Waals surface area (Å²) in [5, 5.41) is 4.28. The van der Waals surface area contributed by atoms with E-state index in [-0.39, 0.29) is 5.82 Å². The van der Waals surface area contributed by atoms with E-state index in [0.29, 0.717) is 11.6 Å². The molecule has 0 spiro atoms. The van der Waals surface area contributed by atoms with Crippen molar-refractivity contribution in [3.05, 3.63) is 41.5 Å². The number of piperazine rings is 1.